The first kappa shape index (κ1) is 16.5. The van der Waals surface area contributed by atoms with Crippen molar-refractivity contribution in [3.63, 3.8) is 0 Å². The lowest BCUT2D eigenvalue weighted by Crippen LogP contribution is -2.33. The fourth-order valence-electron chi connectivity index (χ4n) is 2.73. The molecule has 5 heteroatoms. The SMILES string of the molecule is CCCCCCCCCCc1ccc2nc(N)n[n+]([O-])c2c1. The van der Waals surface area contributed by atoms with Crippen LogP contribution >= 0.6 is 0 Å². The molecule has 2 rings (SSSR count). The fraction of sp³-hybridized carbons (Fsp3) is 0.588. The van der Waals surface area contributed by atoms with Crippen LogP contribution in [-0.2, 0) is 6.42 Å². The summed E-state index contributed by atoms with van der Waals surface area (Å²) in [5, 5.41) is 15.4. The molecule has 0 aliphatic heterocycles. The predicted octanol–water partition coefficient (Wildman–Crippen LogP) is 3.53. The van der Waals surface area contributed by atoms with E-state index in [9.17, 15) is 5.21 Å². The number of fused-ring (bicyclic) bond motifs is 1. The number of aryl methyl sites for hydroxylation is 1. The van der Waals surface area contributed by atoms with Crippen LogP contribution in [-0.4, -0.2) is 10.1 Å². The van der Waals surface area contributed by atoms with E-state index in [-0.39, 0.29) is 5.95 Å². The van der Waals surface area contributed by atoms with Crippen LogP contribution in [0, 0.1) is 5.21 Å². The molecular formula is C17H26N4O. The second-order valence-corrected chi connectivity index (χ2v) is 5.89. The lowest BCUT2D eigenvalue weighted by molar-refractivity contribution is -0.641. The van der Waals surface area contributed by atoms with Gasteiger partial charge in [-0.1, -0.05) is 57.9 Å². The smallest absolute Gasteiger partial charge is 0.288 e. The maximum Gasteiger partial charge on any atom is 0.288 e. The Morgan fingerprint density at radius 2 is 1.73 bits per heavy atom. The molecule has 1 aromatic heterocycles. The Kier molecular flexibility index (Phi) is 6.37. The monoisotopic (exact) mass is 302 g/mol. The van der Waals surface area contributed by atoms with Gasteiger partial charge in [0.05, 0.1) is 5.10 Å². The minimum Gasteiger partial charge on any atom is -0.594 e. The zero-order chi connectivity index (χ0) is 15.8. The predicted molar refractivity (Wildman–Crippen MR) is 89.2 cm³/mol. The molecule has 0 unspecified atom stereocenters. The second kappa shape index (κ2) is 8.51. The Balaban J connectivity index is 1.78. The Morgan fingerprint density at radius 3 is 2.45 bits per heavy atom. The van der Waals surface area contributed by atoms with Crippen LogP contribution in [0.2, 0.25) is 0 Å². The van der Waals surface area contributed by atoms with Crippen LogP contribution in [0.1, 0.15) is 63.9 Å². The van der Waals surface area contributed by atoms with E-state index in [1.165, 1.54) is 44.9 Å². The van der Waals surface area contributed by atoms with E-state index in [0.29, 0.717) is 15.9 Å². The fourth-order valence-corrected chi connectivity index (χ4v) is 2.73. The molecule has 0 aliphatic carbocycles. The zero-order valence-corrected chi connectivity index (χ0v) is 13.4. The summed E-state index contributed by atoms with van der Waals surface area (Å²) in [7, 11) is 0. The summed E-state index contributed by atoms with van der Waals surface area (Å²) in [6.45, 7) is 2.24. The van der Waals surface area contributed by atoms with Gasteiger partial charge in [0, 0.05) is 6.07 Å². The van der Waals surface area contributed by atoms with Crippen molar-refractivity contribution < 1.29 is 4.85 Å². The number of hydrogen-bond acceptors (Lipinski definition) is 4. The van der Waals surface area contributed by atoms with Gasteiger partial charge in [0.25, 0.3) is 11.5 Å². The van der Waals surface area contributed by atoms with Gasteiger partial charge in [0.2, 0.25) is 0 Å². The highest BCUT2D eigenvalue weighted by atomic mass is 16.5. The normalized spacial score (nSPS) is 11.1. The molecule has 0 amide bonds. The van der Waals surface area contributed by atoms with Gasteiger partial charge in [-0.15, -0.1) is 0 Å². The van der Waals surface area contributed by atoms with Crippen molar-refractivity contribution in [3.8, 4) is 0 Å². The van der Waals surface area contributed by atoms with E-state index in [2.05, 4.69) is 17.0 Å². The van der Waals surface area contributed by atoms with Crippen molar-refractivity contribution in [1.29, 1.82) is 0 Å². The topological polar surface area (TPSA) is 78.7 Å². The second-order valence-electron chi connectivity index (χ2n) is 5.89. The Bertz CT molecular complexity index is 600. The molecule has 0 bridgehead atoms. The molecule has 22 heavy (non-hydrogen) atoms. The van der Waals surface area contributed by atoms with E-state index in [1.807, 2.05) is 18.2 Å². The van der Waals surface area contributed by atoms with Crippen molar-refractivity contribution in [2.45, 2.75) is 64.7 Å². The summed E-state index contributed by atoms with van der Waals surface area (Å²) >= 11 is 0. The largest absolute Gasteiger partial charge is 0.594 e. The van der Waals surface area contributed by atoms with Gasteiger partial charge < -0.3 is 10.9 Å². The third kappa shape index (κ3) is 4.83. The maximum absolute atomic E-state index is 11.7. The Labute approximate surface area is 132 Å². The number of anilines is 1. The minimum atomic E-state index is 0.0123. The van der Waals surface area contributed by atoms with Gasteiger partial charge in [-0.25, -0.2) is 4.98 Å². The first-order valence-corrected chi connectivity index (χ1v) is 8.36. The highest BCUT2D eigenvalue weighted by Crippen LogP contribution is 2.14. The summed E-state index contributed by atoms with van der Waals surface area (Å²) in [4.78, 5) is 4.63. The van der Waals surface area contributed by atoms with Crippen LogP contribution in [0.5, 0.6) is 0 Å². The third-order valence-corrected chi connectivity index (χ3v) is 3.99. The molecule has 1 heterocycles. The quantitative estimate of drug-likeness (QED) is 0.436. The van der Waals surface area contributed by atoms with Crippen LogP contribution in [0.3, 0.4) is 0 Å². The van der Waals surface area contributed by atoms with Crippen LogP contribution in [0.15, 0.2) is 18.2 Å². The van der Waals surface area contributed by atoms with Crippen LogP contribution < -0.4 is 10.6 Å². The van der Waals surface area contributed by atoms with E-state index in [4.69, 9.17) is 5.73 Å². The highest BCUT2D eigenvalue weighted by molar-refractivity contribution is 5.72. The summed E-state index contributed by atoms with van der Waals surface area (Å²) < 4.78 is 0. The minimum absolute atomic E-state index is 0.0123. The van der Waals surface area contributed by atoms with Gasteiger partial charge in [-0.2, -0.15) is 0 Å². The number of rotatable bonds is 9. The van der Waals surface area contributed by atoms with Crippen LogP contribution in [0.25, 0.3) is 11.0 Å². The van der Waals surface area contributed by atoms with Gasteiger partial charge in [-0.05, 0) is 29.3 Å². The van der Waals surface area contributed by atoms with Crippen molar-refractivity contribution in [2.24, 2.45) is 0 Å². The Morgan fingerprint density at radius 1 is 1.05 bits per heavy atom. The van der Waals surface area contributed by atoms with Gasteiger partial charge in [0.15, 0.2) is 0 Å². The molecule has 120 valence electrons. The number of hydrogen-bond donors (Lipinski definition) is 1. The first-order chi connectivity index (χ1) is 10.7. The summed E-state index contributed by atoms with van der Waals surface area (Å²) in [6.07, 6.45) is 11.4. The molecule has 0 saturated heterocycles. The summed E-state index contributed by atoms with van der Waals surface area (Å²) in [5.74, 6) is 0.0123. The molecule has 0 aliphatic rings. The average molecular weight is 302 g/mol. The molecule has 0 spiro atoms. The zero-order valence-electron chi connectivity index (χ0n) is 13.4. The van der Waals surface area contributed by atoms with Crippen molar-refractivity contribution in [1.82, 2.24) is 10.1 Å². The highest BCUT2D eigenvalue weighted by Gasteiger charge is 2.09. The van der Waals surface area contributed by atoms with Crippen molar-refractivity contribution in [2.75, 3.05) is 5.73 Å². The van der Waals surface area contributed by atoms with Gasteiger partial charge >= 0.3 is 0 Å². The molecule has 0 atom stereocenters. The number of nitrogen functional groups attached to an aromatic ring is 1. The third-order valence-electron chi connectivity index (χ3n) is 3.99. The number of unbranched alkanes of at least 4 members (excludes halogenated alkanes) is 7. The maximum atomic E-state index is 11.7. The lowest BCUT2D eigenvalue weighted by Gasteiger charge is -2.04. The van der Waals surface area contributed by atoms with E-state index < -0.39 is 0 Å². The van der Waals surface area contributed by atoms with Gasteiger partial charge in [0.1, 0.15) is 5.52 Å². The number of nitrogens with two attached hydrogens (primary N) is 1. The van der Waals surface area contributed by atoms with E-state index in [0.717, 1.165) is 18.4 Å². The molecule has 0 radical (unpaired) electrons. The summed E-state index contributed by atoms with van der Waals surface area (Å²) in [5.41, 5.74) is 7.73. The number of benzene rings is 1. The standard InChI is InChI=1S/C17H26N4O/c1-2-3-4-5-6-7-8-9-10-14-11-12-15-16(13-14)21(22)20-17(18)19-15/h11-13H,2-10H2,1H3,(H2,18,19,20). The average Bonchev–Trinajstić information content (AvgIpc) is 2.50. The van der Waals surface area contributed by atoms with E-state index >= 15 is 0 Å². The van der Waals surface area contributed by atoms with Crippen molar-refractivity contribution in [3.05, 3.63) is 29.0 Å². The molecule has 2 aromatic rings. The van der Waals surface area contributed by atoms with Crippen molar-refractivity contribution >= 4 is 17.0 Å². The van der Waals surface area contributed by atoms with E-state index in [1.54, 1.807) is 0 Å². The summed E-state index contributed by atoms with van der Waals surface area (Å²) in [6, 6.07) is 5.75. The molecule has 1 aromatic carbocycles. The van der Waals surface area contributed by atoms with Gasteiger partial charge in [-0.3, -0.25) is 0 Å². The first-order valence-electron chi connectivity index (χ1n) is 8.36. The molecular weight excluding hydrogens is 276 g/mol. The molecule has 5 nitrogen and oxygen atoms in total. The van der Waals surface area contributed by atoms with Crippen LogP contribution in [0.4, 0.5) is 5.95 Å². The molecule has 0 fully saturated rings. The number of aromatic nitrogens is 3. The number of nitrogens with zero attached hydrogens (tertiary/aromatic N) is 3. The lowest BCUT2D eigenvalue weighted by atomic mass is 10.0. The Hall–Kier alpha value is -1.91. The molecule has 0 saturated carbocycles. The molecule has 2 N–H and O–H groups in total.